The lowest BCUT2D eigenvalue weighted by molar-refractivity contribution is -0.114. The maximum Gasteiger partial charge on any atom is 0.221 e. The van der Waals surface area contributed by atoms with Gasteiger partial charge in [0.2, 0.25) is 5.91 Å². The highest BCUT2D eigenvalue weighted by Crippen LogP contribution is 2.46. The van der Waals surface area contributed by atoms with Gasteiger partial charge in [0.1, 0.15) is 10.0 Å². The van der Waals surface area contributed by atoms with E-state index in [-0.39, 0.29) is 5.91 Å². The van der Waals surface area contributed by atoms with E-state index in [1.165, 1.54) is 16.0 Å². The van der Waals surface area contributed by atoms with E-state index in [9.17, 15) is 4.79 Å². The van der Waals surface area contributed by atoms with E-state index < -0.39 is 0 Å². The van der Waals surface area contributed by atoms with Crippen molar-refractivity contribution in [1.82, 2.24) is 9.88 Å². The van der Waals surface area contributed by atoms with E-state index in [0.29, 0.717) is 6.04 Å². The minimum atomic E-state index is -0.0320. The summed E-state index contributed by atoms with van der Waals surface area (Å²) in [5.74, 6) is -0.0320. The molecule has 0 spiro atoms. The lowest BCUT2D eigenvalue weighted by Gasteiger charge is -2.30. The maximum absolute atomic E-state index is 11.8. The molecule has 1 amide bonds. The SMILES string of the molecule is CC(=O)Nc1sc2c(c1-c1ncc(-c3ccccc3)s1)CCN(C(C)C)C2. The lowest BCUT2D eigenvalue weighted by atomic mass is 10.0. The molecule has 2 aromatic heterocycles. The molecule has 0 saturated carbocycles. The van der Waals surface area contributed by atoms with Gasteiger partial charge in [-0.2, -0.15) is 0 Å². The van der Waals surface area contributed by atoms with Crippen molar-refractivity contribution in [2.75, 3.05) is 11.9 Å². The summed E-state index contributed by atoms with van der Waals surface area (Å²) >= 11 is 3.40. The fraction of sp³-hybridized carbons (Fsp3) is 0.333. The number of fused-ring (bicyclic) bond motifs is 1. The summed E-state index contributed by atoms with van der Waals surface area (Å²) < 4.78 is 0. The Hall–Kier alpha value is -2.02. The summed E-state index contributed by atoms with van der Waals surface area (Å²) in [5.41, 5.74) is 3.66. The molecule has 0 bridgehead atoms. The summed E-state index contributed by atoms with van der Waals surface area (Å²) in [6.45, 7) is 8.04. The van der Waals surface area contributed by atoms with E-state index in [2.05, 4.69) is 36.2 Å². The first-order valence-corrected chi connectivity index (χ1v) is 10.8. The molecule has 3 heterocycles. The first kappa shape index (κ1) is 18.3. The summed E-state index contributed by atoms with van der Waals surface area (Å²) in [5, 5.41) is 4.98. The first-order valence-electron chi connectivity index (χ1n) is 9.20. The smallest absolute Gasteiger partial charge is 0.221 e. The van der Waals surface area contributed by atoms with Crippen molar-refractivity contribution >= 4 is 33.6 Å². The normalized spacial score (nSPS) is 14.4. The van der Waals surface area contributed by atoms with Crippen LogP contribution in [0.1, 0.15) is 31.2 Å². The van der Waals surface area contributed by atoms with Crippen LogP contribution in [0.15, 0.2) is 36.5 Å². The number of carbonyl (C=O) groups is 1. The van der Waals surface area contributed by atoms with Crippen LogP contribution in [0.25, 0.3) is 21.0 Å². The lowest BCUT2D eigenvalue weighted by Crippen LogP contribution is -2.35. The average molecular weight is 398 g/mol. The van der Waals surface area contributed by atoms with Gasteiger partial charge in [0.15, 0.2) is 0 Å². The highest BCUT2D eigenvalue weighted by molar-refractivity contribution is 7.20. The molecule has 0 unspecified atom stereocenters. The molecule has 4 nitrogen and oxygen atoms in total. The number of thiazole rings is 1. The number of benzene rings is 1. The van der Waals surface area contributed by atoms with Crippen LogP contribution in [0.4, 0.5) is 5.00 Å². The molecule has 0 fully saturated rings. The number of carbonyl (C=O) groups excluding carboxylic acids is 1. The Labute approximate surface area is 167 Å². The van der Waals surface area contributed by atoms with E-state index in [1.807, 2.05) is 24.4 Å². The molecule has 0 aliphatic carbocycles. The monoisotopic (exact) mass is 397 g/mol. The molecule has 27 heavy (non-hydrogen) atoms. The molecule has 1 aliphatic heterocycles. The predicted molar refractivity (Wildman–Crippen MR) is 114 cm³/mol. The number of rotatable bonds is 4. The fourth-order valence-corrected chi connectivity index (χ4v) is 5.85. The molecule has 4 rings (SSSR count). The maximum atomic E-state index is 11.8. The van der Waals surface area contributed by atoms with Crippen LogP contribution in [0.5, 0.6) is 0 Å². The minimum Gasteiger partial charge on any atom is -0.317 e. The highest BCUT2D eigenvalue weighted by atomic mass is 32.1. The van der Waals surface area contributed by atoms with Gasteiger partial charge in [0, 0.05) is 42.7 Å². The van der Waals surface area contributed by atoms with Crippen LogP contribution in [-0.4, -0.2) is 28.4 Å². The van der Waals surface area contributed by atoms with Crippen molar-refractivity contribution in [3.63, 3.8) is 0 Å². The summed E-state index contributed by atoms with van der Waals surface area (Å²) in [7, 11) is 0. The standard InChI is InChI=1S/C21H23N3OS2/c1-13(2)24-10-9-16-18(12-24)27-21(23-14(3)25)19(16)20-22-11-17(26-20)15-7-5-4-6-8-15/h4-8,11,13H,9-10,12H2,1-3H3,(H,23,25). The van der Waals surface area contributed by atoms with Crippen molar-refractivity contribution in [2.45, 2.75) is 39.8 Å². The molecule has 6 heteroatoms. The quantitative estimate of drug-likeness (QED) is 0.653. The zero-order valence-electron chi connectivity index (χ0n) is 15.8. The van der Waals surface area contributed by atoms with Gasteiger partial charge >= 0.3 is 0 Å². The third kappa shape index (κ3) is 3.70. The zero-order chi connectivity index (χ0) is 19.0. The largest absolute Gasteiger partial charge is 0.317 e. The summed E-state index contributed by atoms with van der Waals surface area (Å²) in [4.78, 5) is 21.5. The molecule has 1 aromatic carbocycles. The predicted octanol–water partition coefficient (Wildman–Crippen LogP) is 5.26. The van der Waals surface area contributed by atoms with Gasteiger partial charge in [-0.15, -0.1) is 22.7 Å². The summed E-state index contributed by atoms with van der Waals surface area (Å²) in [6, 6.07) is 10.9. The topological polar surface area (TPSA) is 45.2 Å². The van der Waals surface area contributed by atoms with Gasteiger partial charge < -0.3 is 5.32 Å². The number of aromatic nitrogens is 1. The second-order valence-electron chi connectivity index (χ2n) is 7.10. The Balaban J connectivity index is 1.76. The Bertz CT molecular complexity index is 959. The molecule has 0 atom stereocenters. The molecule has 140 valence electrons. The molecule has 1 N–H and O–H groups in total. The third-order valence-corrected chi connectivity index (χ3v) is 7.08. The number of thiophene rings is 1. The van der Waals surface area contributed by atoms with Crippen molar-refractivity contribution < 1.29 is 4.79 Å². The fourth-order valence-electron chi connectivity index (χ4n) is 3.46. The van der Waals surface area contributed by atoms with Crippen molar-refractivity contribution in [3.8, 4) is 21.0 Å². The van der Waals surface area contributed by atoms with Crippen molar-refractivity contribution in [1.29, 1.82) is 0 Å². The highest BCUT2D eigenvalue weighted by Gasteiger charge is 2.28. The molecule has 0 saturated heterocycles. The van der Waals surface area contributed by atoms with Crippen LogP contribution >= 0.6 is 22.7 Å². The first-order chi connectivity index (χ1) is 13.0. The van der Waals surface area contributed by atoms with Gasteiger partial charge in [-0.1, -0.05) is 30.3 Å². The Morgan fingerprint density at radius 3 is 2.70 bits per heavy atom. The Morgan fingerprint density at radius 1 is 1.22 bits per heavy atom. The second kappa shape index (κ2) is 7.54. The van der Waals surface area contributed by atoms with Gasteiger partial charge in [-0.05, 0) is 31.4 Å². The van der Waals surface area contributed by atoms with E-state index >= 15 is 0 Å². The number of anilines is 1. The number of amides is 1. The number of hydrogen-bond acceptors (Lipinski definition) is 5. The minimum absolute atomic E-state index is 0.0320. The molecular weight excluding hydrogens is 374 g/mol. The van der Waals surface area contributed by atoms with E-state index in [0.717, 1.165) is 40.0 Å². The average Bonchev–Trinajstić information content (AvgIpc) is 3.25. The van der Waals surface area contributed by atoms with Crippen molar-refractivity contribution in [3.05, 3.63) is 47.0 Å². The molecule has 0 radical (unpaired) electrons. The van der Waals surface area contributed by atoms with Gasteiger partial charge in [-0.3, -0.25) is 9.69 Å². The van der Waals surface area contributed by atoms with Gasteiger partial charge in [0.25, 0.3) is 0 Å². The van der Waals surface area contributed by atoms with Crippen LogP contribution < -0.4 is 5.32 Å². The van der Waals surface area contributed by atoms with Crippen LogP contribution in [0.2, 0.25) is 0 Å². The van der Waals surface area contributed by atoms with Crippen LogP contribution in [0.3, 0.4) is 0 Å². The van der Waals surface area contributed by atoms with Crippen molar-refractivity contribution in [2.24, 2.45) is 0 Å². The van der Waals surface area contributed by atoms with E-state index in [4.69, 9.17) is 4.98 Å². The molecular formula is C21H23N3OS2. The van der Waals surface area contributed by atoms with Gasteiger partial charge in [0.05, 0.1) is 4.88 Å². The number of nitrogens with zero attached hydrogens (tertiary/aromatic N) is 2. The van der Waals surface area contributed by atoms with Crippen LogP contribution in [-0.2, 0) is 17.8 Å². The zero-order valence-corrected chi connectivity index (χ0v) is 17.4. The molecule has 3 aromatic rings. The van der Waals surface area contributed by atoms with E-state index in [1.54, 1.807) is 29.6 Å². The molecule has 1 aliphatic rings. The van der Waals surface area contributed by atoms with Gasteiger partial charge in [-0.25, -0.2) is 4.98 Å². The second-order valence-corrected chi connectivity index (χ2v) is 9.23. The van der Waals surface area contributed by atoms with Crippen LogP contribution in [0, 0.1) is 0 Å². The summed E-state index contributed by atoms with van der Waals surface area (Å²) in [6.07, 6.45) is 2.94. The Morgan fingerprint density at radius 2 is 2.00 bits per heavy atom. The number of hydrogen-bond donors (Lipinski definition) is 1. The number of nitrogens with one attached hydrogen (secondary N) is 1. The third-order valence-electron chi connectivity index (χ3n) is 4.88. The Kier molecular flexibility index (Phi) is 5.12.